The number of alkyl halides is 1. The van der Waals surface area contributed by atoms with Gasteiger partial charge in [-0.1, -0.05) is 32.4 Å². The zero-order valence-corrected chi connectivity index (χ0v) is 22.2. The number of hydrogen-bond acceptors (Lipinski definition) is 5. The van der Waals surface area contributed by atoms with E-state index in [1.807, 2.05) is 12.1 Å². The van der Waals surface area contributed by atoms with Crippen LogP contribution in [-0.2, 0) is 28.0 Å². The molecule has 1 aromatic carbocycles. The zero-order valence-electron chi connectivity index (χ0n) is 22.2. The molecule has 38 heavy (non-hydrogen) atoms. The Morgan fingerprint density at radius 3 is 2.66 bits per heavy atom. The standard InChI is InChI=1S/C31H35F2N3O2/c1-20(2)9-11-30-12-13-31(37-15-16-38-31)18-22(30)7-8-25-27(24-5-3-4-6-26(24)33)35-29(36-28(25)30)21-10-14-34-23(17-21)19-32/h3-6,10,14,17,20,22H,7-9,11-13,15-16,18-19H2,1-2H3/t22-,30-/m1/s1. The Balaban J connectivity index is 1.56. The lowest BCUT2D eigenvalue weighted by Gasteiger charge is -2.52. The maximum absolute atomic E-state index is 15.2. The monoisotopic (exact) mass is 519 g/mol. The smallest absolute Gasteiger partial charge is 0.168 e. The van der Waals surface area contributed by atoms with Crippen LogP contribution in [0.5, 0.6) is 0 Å². The largest absolute Gasteiger partial charge is 0.348 e. The maximum Gasteiger partial charge on any atom is 0.168 e. The molecule has 1 saturated heterocycles. The molecule has 2 fully saturated rings. The van der Waals surface area contributed by atoms with Crippen LogP contribution in [0.2, 0.25) is 0 Å². The van der Waals surface area contributed by atoms with Gasteiger partial charge in [0, 0.05) is 41.1 Å². The average molecular weight is 520 g/mol. The summed E-state index contributed by atoms with van der Waals surface area (Å²) in [6.45, 7) is 5.14. The van der Waals surface area contributed by atoms with Crippen LogP contribution in [0.15, 0.2) is 42.6 Å². The number of hydrogen-bond donors (Lipinski definition) is 0. The minimum Gasteiger partial charge on any atom is -0.348 e. The molecule has 2 aromatic heterocycles. The van der Waals surface area contributed by atoms with Crippen molar-refractivity contribution in [1.29, 1.82) is 0 Å². The summed E-state index contributed by atoms with van der Waals surface area (Å²) in [6.07, 6.45) is 7.96. The van der Waals surface area contributed by atoms with E-state index in [1.165, 1.54) is 6.07 Å². The van der Waals surface area contributed by atoms with Gasteiger partial charge in [0.25, 0.3) is 0 Å². The molecule has 3 heterocycles. The van der Waals surface area contributed by atoms with E-state index >= 15 is 4.39 Å². The maximum atomic E-state index is 15.2. The molecule has 0 unspecified atom stereocenters. The van der Waals surface area contributed by atoms with Crippen LogP contribution in [-0.4, -0.2) is 34.0 Å². The summed E-state index contributed by atoms with van der Waals surface area (Å²) in [6, 6.07) is 10.3. The number of fused-ring (bicyclic) bond motifs is 3. The molecule has 1 spiro atoms. The normalized spacial score (nSPS) is 24.0. The van der Waals surface area contributed by atoms with E-state index in [2.05, 4.69) is 18.8 Å². The number of pyridine rings is 1. The molecule has 200 valence electrons. The van der Waals surface area contributed by atoms with E-state index in [9.17, 15) is 4.39 Å². The van der Waals surface area contributed by atoms with Crippen LogP contribution in [0.1, 0.15) is 69.3 Å². The Hall–Kier alpha value is -2.77. The SMILES string of the molecule is CC(C)CC[C@@]12CCC3(C[C@H]1CCc1c(-c4ccccc4F)nc(-c4ccnc(CF)c4)nc12)OCCO3. The molecule has 0 amide bonds. The van der Waals surface area contributed by atoms with Gasteiger partial charge in [-0.3, -0.25) is 4.98 Å². The molecule has 2 atom stereocenters. The average Bonchev–Trinajstić information content (AvgIpc) is 3.39. The van der Waals surface area contributed by atoms with Gasteiger partial charge in [0.2, 0.25) is 0 Å². The fraction of sp³-hybridized carbons (Fsp3) is 0.516. The van der Waals surface area contributed by atoms with Crippen molar-refractivity contribution in [2.45, 2.75) is 76.7 Å². The first-order chi connectivity index (χ1) is 18.4. The highest BCUT2D eigenvalue weighted by Gasteiger charge is 2.55. The Bertz CT molecular complexity index is 1320. The number of halogens is 2. The predicted octanol–water partition coefficient (Wildman–Crippen LogP) is 6.98. The minimum atomic E-state index is -0.665. The third kappa shape index (κ3) is 4.43. The number of rotatable bonds is 6. The van der Waals surface area contributed by atoms with Crippen LogP contribution in [0.25, 0.3) is 22.6 Å². The Morgan fingerprint density at radius 2 is 1.89 bits per heavy atom. The number of benzene rings is 1. The van der Waals surface area contributed by atoms with Crippen LogP contribution in [0.4, 0.5) is 8.78 Å². The summed E-state index contributed by atoms with van der Waals surface area (Å²) in [5, 5.41) is 0. The molecule has 3 aromatic rings. The highest BCUT2D eigenvalue weighted by Crippen LogP contribution is 2.57. The first-order valence-electron chi connectivity index (χ1n) is 13.9. The molecule has 3 aliphatic rings. The van der Waals surface area contributed by atoms with Gasteiger partial charge >= 0.3 is 0 Å². The van der Waals surface area contributed by atoms with Crippen molar-refractivity contribution in [3.8, 4) is 22.6 Å². The van der Waals surface area contributed by atoms with Crippen molar-refractivity contribution < 1.29 is 18.3 Å². The lowest BCUT2D eigenvalue weighted by Crippen LogP contribution is -2.51. The molecule has 0 radical (unpaired) electrons. The molecule has 0 N–H and O–H groups in total. The van der Waals surface area contributed by atoms with Crippen molar-refractivity contribution in [3.63, 3.8) is 0 Å². The summed E-state index contributed by atoms with van der Waals surface area (Å²) < 4.78 is 41.1. The van der Waals surface area contributed by atoms with E-state index in [-0.39, 0.29) is 11.2 Å². The minimum absolute atomic E-state index is 0.175. The lowest BCUT2D eigenvalue weighted by molar-refractivity contribution is -0.201. The van der Waals surface area contributed by atoms with Crippen LogP contribution < -0.4 is 0 Å². The summed E-state index contributed by atoms with van der Waals surface area (Å²) in [5.74, 6) is 0.597. The Kier molecular flexibility index (Phi) is 6.77. The van der Waals surface area contributed by atoms with Crippen LogP contribution in [0.3, 0.4) is 0 Å². The van der Waals surface area contributed by atoms with Gasteiger partial charge in [0.05, 0.1) is 30.3 Å². The van der Waals surface area contributed by atoms with Gasteiger partial charge in [-0.25, -0.2) is 18.7 Å². The number of nitrogens with zero attached hydrogens (tertiary/aromatic N) is 3. The first-order valence-corrected chi connectivity index (χ1v) is 13.9. The van der Waals surface area contributed by atoms with Gasteiger partial charge < -0.3 is 9.47 Å². The second-order valence-corrected chi connectivity index (χ2v) is 11.5. The molecular formula is C31H35F2N3O2. The molecule has 1 saturated carbocycles. The molecule has 5 nitrogen and oxygen atoms in total. The molecule has 0 bridgehead atoms. The summed E-state index contributed by atoms with van der Waals surface area (Å²) in [7, 11) is 0. The van der Waals surface area contributed by atoms with Crippen LogP contribution >= 0.6 is 0 Å². The van der Waals surface area contributed by atoms with Crippen molar-refractivity contribution >= 4 is 0 Å². The Morgan fingerprint density at radius 1 is 1.08 bits per heavy atom. The van der Waals surface area contributed by atoms with Crippen molar-refractivity contribution in [3.05, 3.63) is 65.4 Å². The van der Waals surface area contributed by atoms with E-state index in [0.29, 0.717) is 53.4 Å². The molecule has 2 aliphatic carbocycles. The highest BCUT2D eigenvalue weighted by molar-refractivity contribution is 5.69. The van der Waals surface area contributed by atoms with Gasteiger partial charge in [0.1, 0.15) is 12.5 Å². The van der Waals surface area contributed by atoms with E-state index in [1.54, 1.807) is 24.4 Å². The molecular weight excluding hydrogens is 484 g/mol. The zero-order chi connectivity index (χ0) is 26.3. The fourth-order valence-electron chi connectivity index (χ4n) is 6.88. The van der Waals surface area contributed by atoms with Gasteiger partial charge in [-0.2, -0.15) is 0 Å². The first kappa shape index (κ1) is 25.5. The molecule has 6 rings (SSSR count). The van der Waals surface area contributed by atoms with E-state index < -0.39 is 12.5 Å². The fourth-order valence-corrected chi connectivity index (χ4v) is 6.88. The number of ether oxygens (including phenoxy) is 2. The molecule has 7 heteroatoms. The van der Waals surface area contributed by atoms with Gasteiger partial charge in [0.15, 0.2) is 11.6 Å². The molecule has 1 aliphatic heterocycles. The van der Waals surface area contributed by atoms with E-state index in [4.69, 9.17) is 19.4 Å². The third-order valence-corrected chi connectivity index (χ3v) is 8.83. The highest BCUT2D eigenvalue weighted by atomic mass is 19.1. The quantitative estimate of drug-likeness (QED) is 0.352. The Labute approximate surface area is 223 Å². The van der Waals surface area contributed by atoms with Crippen LogP contribution in [0, 0.1) is 17.7 Å². The third-order valence-electron chi connectivity index (χ3n) is 8.83. The second-order valence-electron chi connectivity index (χ2n) is 11.5. The summed E-state index contributed by atoms with van der Waals surface area (Å²) >= 11 is 0. The summed E-state index contributed by atoms with van der Waals surface area (Å²) in [5.41, 5.74) is 4.07. The lowest BCUT2D eigenvalue weighted by atomic mass is 9.55. The van der Waals surface area contributed by atoms with Crippen molar-refractivity contribution in [2.24, 2.45) is 11.8 Å². The predicted molar refractivity (Wildman–Crippen MR) is 142 cm³/mol. The topological polar surface area (TPSA) is 57.1 Å². The van der Waals surface area contributed by atoms with Crippen molar-refractivity contribution in [1.82, 2.24) is 15.0 Å². The second kappa shape index (κ2) is 10.1. The van der Waals surface area contributed by atoms with Crippen molar-refractivity contribution in [2.75, 3.05) is 13.2 Å². The van der Waals surface area contributed by atoms with Gasteiger partial charge in [-0.15, -0.1) is 0 Å². The van der Waals surface area contributed by atoms with E-state index in [0.717, 1.165) is 56.2 Å². The van der Waals surface area contributed by atoms with Gasteiger partial charge in [-0.05, 0) is 61.8 Å². The summed E-state index contributed by atoms with van der Waals surface area (Å²) in [4.78, 5) is 14.3. The number of aromatic nitrogens is 3.